The molecule has 0 radical (unpaired) electrons. The van der Waals surface area contributed by atoms with Crippen LogP contribution in [0.4, 0.5) is 5.69 Å². The summed E-state index contributed by atoms with van der Waals surface area (Å²) in [5.74, 6) is 1.06. The van der Waals surface area contributed by atoms with Crippen LogP contribution in [-0.2, 0) is 9.59 Å². The lowest BCUT2D eigenvalue weighted by molar-refractivity contribution is -0.119. The van der Waals surface area contributed by atoms with Crippen molar-refractivity contribution in [1.82, 2.24) is 0 Å². The Bertz CT molecular complexity index is 1010. The summed E-state index contributed by atoms with van der Waals surface area (Å²) in [7, 11) is 3.20. The lowest BCUT2D eigenvalue weighted by atomic mass is 9.76. The predicted octanol–water partition coefficient (Wildman–Crippen LogP) is 4.99. The average molecular weight is 456 g/mol. The minimum Gasteiger partial charge on any atom is -0.497 e. The number of hydrogen-bond acceptors (Lipinski definition) is 4. The van der Waals surface area contributed by atoms with Gasteiger partial charge in [-0.1, -0.05) is 12.1 Å². The zero-order chi connectivity index (χ0) is 20.5. The van der Waals surface area contributed by atoms with E-state index in [9.17, 15) is 9.59 Å². The fourth-order valence-corrected chi connectivity index (χ4v) is 4.74. The molecule has 2 aromatic carbocycles. The second-order valence-corrected chi connectivity index (χ2v) is 8.04. The van der Waals surface area contributed by atoms with Gasteiger partial charge in [-0.05, 0) is 59.1 Å². The molecule has 4 rings (SSSR count). The van der Waals surface area contributed by atoms with Crippen LogP contribution in [-0.4, -0.2) is 25.9 Å². The summed E-state index contributed by atoms with van der Waals surface area (Å²) >= 11 is 3.55. The van der Waals surface area contributed by atoms with Crippen molar-refractivity contribution < 1.29 is 19.1 Å². The van der Waals surface area contributed by atoms with Crippen LogP contribution in [0.1, 0.15) is 37.2 Å². The average Bonchev–Trinajstić information content (AvgIpc) is 2.73. The quantitative estimate of drug-likeness (QED) is 0.651. The molecule has 1 heterocycles. The van der Waals surface area contributed by atoms with Crippen LogP contribution in [0.15, 0.2) is 58.2 Å². The van der Waals surface area contributed by atoms with Gasteiger partial charge in [0.05, 0.1) is 19.9 Å². The van der Waals surface area contributed by atoms with Gasteiger partial charge in [-0.3, -0.25) is 14.5 Å². The number of allylic oxidation sites excluding steroid dienone is 2. The van der Waals surface area contributed by atoms with E-state index in [4.69, 9.17) is 9.47 Å². The Balaban J connectivity index is 1.91. The van der Waals surface area contributed by atoms with Crippen LogP contribution in [0.25, 0.3) is 0 Å². The van der Waals surface area contributed by atoms with E-state index < -0.39 is 0 Å². The third-order valence-corrected chi connectivity index (χ3v) is 6.25. The molecule has 1 atom stereocenters. The standard InChI is InChI=1S/C23H22BrNO4/c1-28-14-10-11-21(29-2)15(12-14)16-13-22(27)25(18-7-4-3-6-17(18)24)19-8-5-9-20(26)23(16)19/h3-4,6-7,10-12,16H,5,8-9,13H2,1-2H3. The van der Waals surface area contributed by atoms with E-state index in [-0.39, 0.29) is 24.0 Å². The van der Waals surface area contributed by atoms with Gasteiger partial charge in [0.25, 0.3) is 0 Å². The van der Waals surface area contributed by atoms with Crippen molar-refractivity contribution in [3.8, 4) is 11.5 Å². The smallest absolute Gasteiger partial charge is 0.232 e. The number of nitrogens with zero attached hydrogens (tertiary/aromatic N) is 1. The van der Waals surface area contributed by atoms with Crippen molar-refractivity contribution in [2.24, 2.45) is 0 Å². The maximum atomic E-state index is 13.3. The van der Waals surface area contributed by atoms with E-state index >= 15 is 0 Å². The number of benzene rings is 2. The van der Waals surface area contributed by atoms with Crippen LogP contribution >= 0.6 is 15.9 Å². The molecule has 1 amide bonds. The van der Waals surface area contributed by atoms with E-state index in [0.717, 1.165) is 33.4 Å². The number of anilines is 1. The van der Waals surface area contributed by atoms with Crippen molar-refractivity contribution in [2.75, 3.05) is 19.1 Å². The highest BCUT2D eigenvalue weighted by atomic mass is 79.9. The molecule has 2 aliphatic rings. The van der Waals surface area contributed by atoms with Crippen LogP contribution in [0, 0.1) is 0 Å². The summed E-state index contributed by atoms with van der Waals surface area (Å²) in [4.78, 5) is 28.1. The molecule has 1 aliphatic carbocycles. The molecular formula is C23H22BrNO4. The van der Waals surface area contributed by atoms with Gasteiger partial charge in [0.1, 0.15) is 11.5 Å². The molecule has 0 N–H and O–H groups in total. The van der Waals surface area contributed by atoms with Crippen LogP contribution in [0.2, 0.25) is 0 Å². The molecule has 0 fully saturated rings. The van der Waals surface area contributed by atoms with Crippen molar-refractivity contribution in [1.29, 1.82) is 0 Å². The summed E-state index contributed by atoms with van der Waals surface area (Å²) < 4.78 is 11.8. The minimum atomic E-state index is -0.339. The Labute approximate surface area is 178 Å². The normalized spacial score (nSPS) is 19.3. The molecule has 1 aliphatic heterocycles. The first-order valence-corrected chi connectivity index (χ1v) is 10.4. The molecule has 6 heteroatoms. The molecule has 0 aromatic heterocycles. The van der Waals surface area contributed by atoms with E-state index in [1.54, 1.807) is 19.1 Å². The highest BCUT2D eigenvalue weighted by Gasteiger charge is 2.41. The van der Waals surface area contributed by atoms with Crippen molar-refractivity contribution >= 4 is 33.3 Å². The number of hydrogen-bond donors (Lipinski definition) is 0. The van der Waals surface area contributed by atoms with Gasteiger partial charge in [-0.2, -0.15) is 0 Å². The highest BCUT2D eigenvalue weighted by molar-refractivity contribution is 9.10. The Morgan fingerprint density at radius 3 is 2.55 bits per heavy atom. The number of ether oxygens (including phenoxy) is 2. The van der Waals surface area contributed by atoms with E-state index in [1.807, 2.05) is 42.5 Å². The van der Waals surface area contributed by atoms with Crippen molar-refractivity contribution in [3.05, 3.63) is 63.8 Å². The third-order valence-electron chi connectivity index (χ3n) is 5.58. The number of rotatable bonds is 4. The Hall–Kier alpha value is -2.60. The van der Waals surface area contributed by atoms with Crippen molar-refractivity contribution in [3.63, 3.8) is 0 Å². The maximum absolute atomic E-state index is 13.3. The summed E-state index contributed by atoms with van der Waals surface area (Å²) in [5, 5.41) is 0. The molecule has 0 spiro atoms. The van der Waals surface area contributed by atoms with Gasteiger partial charge >= 0.3 is 0 Å². The molecule has 1 unspecified atom stereocenters. The molecule has 0 saturated carbocycles. The molecule has 5 nitrogen and oxygen atoms in total. The number of halogens is 1. The van der Waals surface area contributed by atoms with Gasteiger partial charge < -0.3 is 9.47 Å². The summed E-state index contributed by atoms with van der Waals surface area (Å²) in [6.45, 7) is 0. The Morgan fingerprint density at radius 1 is 1.03 bits per heavy atom. The molecule has 0 saturated heterocycles. The van der Waals surface area contributed by atoms with Crippen LogP contribution < -0.4 is 14.4 Å². The number of amides is 1. The fourth-order valence-electron chi connectivity index (χ4n) is 4.28. The topological polar surface area (TPSA) is 55.8 Å². The second-order valence-electron chi connectivity index (χ2n) is 7.18. The number of carbonyl (C=O) groups is 2. The molecule has 150 valence electrons. The Morgan fingerprint density at radius 2 is 1.83 bits per heavy atom. The number of carbonyl (C=O) groups excluding carboxylic acids is 2. The maximum Gasteiger partial charge on any atom is 0.232 e. The largest absolute Gasteiger partial charge is 0.497 e. The number of ketones is 1. The van der Waals surface area contributed by atoms with Crippen LogP contribution in [0.3, 0.4) is 0 Å². The lowest BCUT2D eigenvalue weighted by Crippen LogP contribution is -2.40. The molecular weight excluding hydrogens is 434 g/mol. The molecule has 29 heavy (non-hydrogen) atoms. The van der Waals surface area contributed by atoms with Crippen LogP contribution in [0.5, 0.6) is 11.5 Å². The first kappa shape index (κ1) is 19.7. The van der Waals surface area contributed by atoms with Gasteiger partial charge in [0.2, 0.25) is 5.91 Å². The number of Topliss-reactive ketones (excluding diaryl/α,β-unsaturated/α-hetero) is 1. The summed E-state index contributed by atoms with van der Waals surface area (Å²) in [5.41, 5.74) is 3.11. The molecule has 0 bridgehead atoms. The minimum absolute atomic E-state index is 0.0276. The van der Waals surface area contributed by atoms with Gasteiger partial charge in [-0.15, -0.1) is 0 Å². The monoisotopic (exact) mass is 455 g/mol. The number of para-hydroxylation sites is 1. The lowest BCUT2D eigenvalue weighted by Gasteiger charge is -2.39. The van der Waals surface area contributed by atoms with Crippen molar-refractivity contribution in [2.45, 2.75) is 31.6 Å². The fraction of sp³-hybridized carbons (Fsp3) is 0.304. The Kier molecular flexibility index (Phi) is 5.46. The van der Waals surface area contributed by atoms with Gasteiger partial charge in [0.15, 0.2) is 5.78 Å². The van der Waals surface area contributed by atoms with Gasteiger partial charge in [-0.25, -0.2) is 0 Å². The van der Waals surface area contributed by atoms with E-state index in [0.29, 0.717) is 24.3 Å². The van der Waals surface area contributed by atoms with Gasteiger partial charge in [0, 0.05) is 40.1 Å². The zero-order valence-electron chi connectivity index (χ0n) is 16.4. The first-order valence-electron chi connectivity index (χ1n) is 9.60. The van der Waals surface area contributed by atoms with E-state index in [2.05, 4.69) is 15.9 Å². The predicted molar refractivity (Wildman–Crippen MR) is 114 cm³/mol. The first-order chi connectivity index (χ1) is 14.0. The second kappa shape index (κ2) is 8.03. The zero-order valence-corrected chi connectivity index (χ0v) is 18.0. The summed E-state index contributed by atoms with van der Waals surface area (Å²) in [6, 6.07) is 13.1. The number of methoxy groups -OCH3 is 2. The summed E-state index contributed by atoms with van der Waals surface area (Å²) in [6.07, 6.45) is 2.14. The molecule has 2 aromatic rings. The SMILES string of the molecule is COc1ccc(OC)c(C2CC(=O)N(c3ccccc3Br)C3=C2C(=O)CCC3)c1. The highest BCUT2D eigenvalue weighted by Crippen LogP contribution is 2.47. The van der Waals surface area contributed by atoms with E-state index in [1.165, 1.54) is 0 Å². The third kappa shape index (κ3) is 3.46.